The van der Waals surface area contributed by atoms with Gasteiger partial charge in [0.1, 0.15) is 5.82 Å². The molecule has 6 heteroatoms. The fourth-order valence-electron chi connectivity index (χ4n) is 3.96. The van der Waals surface area contributed by atoms with Gasteiger partial charge in [0.2, 0.25) is 0 Å². The Bertz CT molecular complexity index is 1390. The summed E-state index contributed by atoms with van der Waals surface area (Å²) < 4.78 is 1.61. The number of hydrogen-bond acceptors (Lipinski definition) is 3. The van der Waals surface area contributed by atoms with Gasteiger partial charge in [-0.05, 0) is 67.3 Å². The number of aryl methyl sites for hydroxylation is 1. The van der Waals surface area contributed by atoms with E-state index in [2.05, 4.69) is 19.2 Å². The highest BCUT2D eigenvalue weighted by molar-refractivity contribution is 5.89. The van der Waals surface area contributed by atoms with Crippen molar-refractivity contribution in [3.05, 3.63) is 100 Å². The summed E-state index contributed by atoms with van der Waals surface area (Å²) in [6, 6.07) is 22.1. The first-order chi connectivity index (χ1) is 16.3. The van der Waals surface area contributed by atoms with Crippen LogP contribution < -0.4 is 10.9 Å². The predicted octanol–water partition coefficient (Wildman–Crippen LogP) is 6.04. The lowest BCUT2D eigenvalue weighted by Gasteiger charge is -2.27. The number of para-hydroxylation sites is 1. The number of nitrogens with one attached hydrogen (secondary N) is 1. The zero-order chi connectivity index (χ0) is 24.4. The van der Waals surface area contributed by atoms with Crippen LogP contribution in [0.4, 0.5) is 10.5 Å². The molecule has 0 aliphatic heterocycles. The average Bonchev–Trinajstić information content (AvgIpc) is 2.83. The molecule has 4 aromatic rings. The first-order valence-electron chi connectivity index (χ1n) is 11.5. The maximum Gasteiger partial charge on any atom is 0.322 e. The van der Waals surface area contributed by atoms with E-state index in [9.17, 15) is 9.59 Å². The monoisotopic (exact) mass is 454 g/mol. The first-order valence-corrected chi connectivity index (χ1v) is 11.5. The molecule has 0 spiro atoms. The molecule has 3 aromatic carbocycles. The third-order valence-corrected chi connectivity index (χ3v) is 6.17. The fraction of sp³-hybridized carbons (Fsp3) is 0.250. The molecule has 4 rings (SSSR count). The van der Waals surface area contributed by atoms with Gasteiger partial charge in [0.15, 0.2) is 0 Å². The summed E-state index contributed by atoms with van der Waals surface area (Å²) in [7, 11) is 1.71. The van der Waals surface area contributed by atoms with E-state index < -0.39 is 6.04 Å². The van der Waals surface area contributed by atoms with Crippen molar-refractivity contribution in [3.63, 3.8) is 0 Å². The van der Waals surface area contributed by atoms with Crippen LogP contribution in [0, 0.1) is 6.92 Å². The van der Waals surface area contributed by atoms with Gasteiger partial charge < -0.3 is 10.2 Å². The number of hydrogen-bond donors (Lipinski definition) is 1. The first kappa shape index (κ1) is 23.2. The molecule has 0 saturated heterocycles. The highest BCUT2D eigenvalue weighted by Gasteiger charge is 2.24. The maximum atomic E-state index is 13.5. The lowest BCUT2D eigenvalue weighted by atomic mass is 10.0. The number of anilines is 1. The van der Waals surface area contributed by atoms with E-state index in [0.29, 0.717) is 22.6 Å². The van der Waals surface area contributed by atoms with E-state index in [0.717, 1.165) is 16.9 Å². The molecule has 34 heavy (non-hydrogen) atoms. The summed E-state index contributed by atoms with van der Waals surface area (Å²) in [4.78, 5) is 33.0. The van der Waals surface area contributed by atoms with E-state index >= 15 is 0 Å². The molecule has 1 N–H and O–H groups in total. The van der Waals surface area contributed by atoms with Gasteiger partial charge in [0.25, 0.3) is 5.56 Å². The summed E-state index contributed by atoms with van der Waals surface area (Å²) in [5, 5.41) is 3.49. The molecule has 2 amide bonds. The summed E-state index contributed by atoms with van der Waals surface area (Å²) in [5.41, 5.74) is 4.14. The summed E-state index contributed by atoms with van der Waals surface area (Å²) >= 11 is 0. The van der Waals surface area contributed by atoms with Crippen molar-refractivity contribution >= 4 is 22.6 Å². The third kappa shape index (κ3) is 4.57. The molecule has 0 aliphatic rings. The Morgan fingerprint density at radius 2 is 1.68 bits per heavy atom. The number of fused-ring (bicyclic) bond motifs is 1. The van der Waals surface area contributed by atoms with Gasteiger partial charge in [0, 0.05) is 12.7 Å². The molecule has 1 heterocycles. The van der Waals surface area contributed by atoms with Crippen LogP contribution in [0.3, 0.4) is 0 Å². The molecular formula is C28H30N4O2. The standard InChI is InChI=1S/C28H30N4O2/c1-18(2)21-13-15-22(16-14-21)29-28(34)31(5)20(4)26-30-25-12-7-6-11-24(25)27(33)32(26)23-10-8-9-19(3)17-23/h6-18,20H,1-5H3,(H,29,34). The number of carbonyl (C=O) groups is 1. The number of rotatable bonds is 5. The van der Waals surface area contributed by atoms with Gasteiger partial charge >= 0.3 is 6.03 Å². The Hall–Kier alpha value is -3.93. The summed E-state index contributed by atoms with van der Waals surface area (Å²) in [6.07, 6.45) is 0. The average molecular weight is 455 g/mol. The highest BCUT2D eigenvalue weighted by atomic mass is 16.2. The smallest absolute Gasteiger partial charge is 0.318 e. The second-order valence-electron chi connectivity index (χ2n) is 8.96. The van der Waals surface area contributed by atoms with Gasteiger partial charge in [-0.3, -0.25) is 9.36 Å². The second-order valence-corrected chi connectivity index (χ2v) is 8.96. The minimum Gasteiger partial charge on any atom is -0.318 e. The van der Waals surface area contributed by atoms with Crippen LogP contribution in [-0.2, 0) is 0 Å². The highest BCUT2D eigenvalue weighted by Crippen LogP contribution is 2.23. The van der Waals surface area contributed by atoms with Crippen molar-refractivity contribution < 1.29 is 4.79 Å². The minimum absolute atomic E-state index is 0.156. The van der Waals surface area contributed by atoms with E-state index in [1.54, 1.807) is 22.6 Å². The van der Waals surface area contributed by atoms with Crippen LogP contribution in [0.15, 0.2) is 77.6 Å². The van der Waals surface area contributed by atoms with Gasteiger partial charge in [0.05, 0.1) is 22.6 Å². The number of urea groups is 1. The quantitative estimate of drug-likeness (QED) is 0.400. The molecule has 0 bridgehead atoms. The van der Waals surface area contributed by atoms with Crippen molar-refractivity contribution in [1.82, 2.24) is 14.5 Å². The third-order valence-electron chi connectivity index (χ3n) is 6.17. The lowest BCUT2D eigenvalue weighted by molar-refractivity contribution is 0.205. The number of nitrogens with zero attached hydrogens (tertiary/aromatic N) is 3. The van der Waals surface area contributed by atoms with Crippen molar-refractivity contribution in [2.75, 3.05) is 12.4 Å². The molecule has 1 aromatic heterocycles. The van der Waals surface area contributed by atoms with Gasteiger partial charge in [-0.25, -0.2) is 9.78 Å². The molecule has 0 fully saturated rings. The Kier molecular flexibility index (Phi) is 6.50. The summed E-state index contributed by atoms with van der Waals surface area (Å²) in [5.74, 6) is 0.923. The Balaban J connectivity index is 1.72. The van der Waals surface area contributed by atoms with Crippen molar-refractivity contribution in [3.8, 4) is 5.69 Å². The van der Waals surface area contributed by atoms with Crippen LogP contribution in [0.1, 0.15) is 49.7 Å². The minimum atomic E-state index is -0.465. The fourth-order valence-corrected chi connectivity index (χ4v) is 3.96. The van der Waals surface area contributed by atoms with Crippen LogP contribution in [0.2, 0.25) is 0 Å². The van der Waals surface area contributed by atoms with Crippen LogP contribution in [0.5, 0.6) is 0 Å². The van der Waals surface area contributed by atoms with Gasteiger partial charge in [-0.15, -0.1) is 0 Å². The SMILES string of the molecule is Cc1cccc(-n2c(C(C)N(C)C(=O)Nc3ccc(C(C)C)cc3)nc3ccccc3c2=O)c1. The normalized spacial score (nSPS) is 12.1. The van der Waals surface area contributed by atoms with Gasteiger partial charge in [-0.2, -0.15) is 0 Å². The van der Waals surface area contributed by atoms with Crippen LogP contribution in [-0.4, -0.2) is 27.5 Å². The number of amides is 2. The van der Waals surface area contributed by atoms with Crippen LogP contribution in [0.25, 0.3) is 16.6 Å². The lowest BCUT2D eigenvalue weighted by Crippen LogP contribution is -2.37. The van der Waals surface area contributed by atoms with Crippen LogP contribution >= 0.6 is 0 Å². The molecule has 1 atom stereocenters. The van der Waals surface area contributed by atoms with Crippen molar-refractivity contribution in [2.45, 2.75) is 39.7 Å². The number of carbonyl (C=O) groups excluding carboxylic acids is 1. The Labute approximate surface area is 199 Å². The zero-order valence-corrected chi connectivity index (χ0v) is 20.2. The number of aromatic nitrogens is 2. The van der Waals surface area contributed by atoms with E-state index in [4.69, 9.17) is 4.98 Å². The summed E-state index contributed by atoms with van der Waals surface area (Å²) in [6.45, 7) is 8.13. The molecule has 0 radical (unpaired) electrons. The number of benzene rings is 3. The van der Waals surface area contributed by atoms with Crippen molar-refractivity contribution in [2.24, 2.45) is 0 Å². The molecule has 0 saturated carbocycles. The largest absolute Gasteiger partial charge is 0.322 e. The topological polar surface area (TPSA) is 67.2 Å². The predicted molar refractivity (Wildman–Crippen MR) is 138 cm³/mol. The molecule has 6 nitrogen and oxygen atoms in total. The van der Waals surface area contributed by atoms with Crippen molar-refractivity contribution in [1.29, 1.82) is 0 Å². The molecule has 0 aliphatic carbocycles. The van der Waals surface area contributed by atoms with E-state index in [1.807, 2.05) is 80.6 Å². The molecular weight excluding hydrogens is 424 g/mol. The maximum absolute atomic E-state index is 13.5. The second kappa shape index (κ2) is 9.51. The zero-order valence-electron chi connectivity index (χ0n) is 20.2. The molecule has 1 unspecified atom stereocenters. The van der Waals surface area contributed by atoms with E-state index in [-0.39, 0.29) is 11.6 Å². The van der Waals surface area contributed by atoms with E-state index in [1.165, 1.54) is 5.56 Å². The van der Waals surface area contributed by atoms with Gasteiger partial charge in [-0.1, -0.05) is 50.2 Å². The Morgan fingerprint density at radius 1 is 0.971 bits per heavy atom. The molecule has 174 valence electrons. The Morgan fingerprint density at radius 3 is 2.35 bits per heavy atom.